The Labute approximate surface area is 160 Å². The monoisotopic (exact) mass is 370 g/mol. The van der Waals surface area contributed by atoms with Crippen molar-refractivity contribution in [2.45, 2.75) is 40.2 Å². The third-order valence-electron chi connectivity index (χ3n) is 4.61. The van der Waals surface area contributed by atoms with Crippen LogP contribution in [0.4, 0.5) is 0 Å². The molecule has 5 nitrogen and oxygen atoms in total. The summed E-state index contributed by atoms with van der Waals surface area (Å²) in [5.74, 6) is 0.486. The highest BCUT2D eigenvalue weighted by Crippen LogP contribution is 2.25. The Morgan fingerprint density at radius 2 is 1.59 bits per heavy atom. The summed E-state index contributed by atoms with van der Waals surface area (Å²) in [6.45, 7) is 7.44. The number of carbonyl (C=O) groups excluding carboxylic acids is 2. The van der Waals surface area contributed by atoms with E-state index in [1.54, 1.807) is 32.2 Å². The van der Waals surface area contributed by atoms with Crippen molar-refractivity contribution in [1.29, 1.82) is 0 Å². The number of benzene rings is 2. The van der Waals surface area contributed by atoms with E-state index in [0.29, 0.717) is 22.6 Å². The molecule has 0 aliphatic rings. The molecule has 0 aliphatic carbocycles. The van der Waals surface area contributed by atoms with Crippen LogP contribution in [-0.4, -0.2) is 32.1 Å². The molecule has 2 aromatic rings. The van der Waals surface area contributed by atoms with E-state index < -0.39 is 12.1 Å². The van der Waals surface area contributed by atoms with Gasteiger partial charge in [0.05, 0.1) is 20.6 Å². The first-order valence-corrected chi connectivity index (χ1v) is 8.79. The van der Waals surface area contributed by atoms with Crippen LogP contribution < -0.4 is 9.47 Å². The summed E-state index contributed by atoms with van der Waals surface area (Å²) in [5, 5.41) is 0. The summed E-state index contributed by atoms with van der Waals surface area (Å²) in [4.78, 5) is 25.0. The molecule has 0 fully saturated rings. The van der Waals surface area contributed by atoms with Gasteiger partial charge in [-0.05, 0) is 56.5 Å². The molecule has 0 radical (unpaired) electrons. The molecule has 0 N–H and O–H groups in total. The molecule has 0 aromatic heterocycles. The largest absolute Gasteiger partial charge is 0.497 e. The second kappa shape index (κ2) is 8.71. The molecule has 0 unspecified atom stereocenters. The number of rotatable bonds is 7. The highest BCUT2D eigenvalue weighted by Gasteiger charge is 2.22. The number of hydrogen-bond acceptors (Lipinski definition) is 5. The lowest BCUT2D eigenvalue weighted by Gasteiger charge is -2.16. The van der Waals surface area contributed by atoms with Crippen LogP contribution in [0.3, 0.4) is 0 Å². The zero-order valence-corrected chi connectivity index (χ0v) is 16.7. The molecule has 0 saturated carbocycles. The molecule has 5 heteroatoms. The normalized spacial score (nSPS) is 11.6. The van der Waals surface area contributed by atoms with E-state index in [9.17, 15) is 9.59 Å². The van der Waals surface area contributed by atoms with Crippen LogP contribution in [0.1, 0.15) is 39.5 Å². The van der Waals surface area contributed by atoms with Crippen LogP contribution in [0.2, 0.25) is 0 Å². The van der Waals surface area contributed by atoms with E-state index in [4.69, 9.17) is 14.2 Å². The lowest BCUT2D eigenvalue weighted by Crippen LogP contribution is -2.26. The summed E-state index contributed by atoms with van der Waals surface area (Å²) >= 11 is 0. The number of aryl methyl sites for hydroxylation is 3. The number of esters is 1. The fourth-order valence-electron chi connectivity index (χ4n) is 2.89. The van der Waals surface area contributed by atoms with E-state index >= 15 is 0 Å². The second-order valence-corrected chi connectivity index (χ2v) is 6.60. The summed E-state index contributed by atoms with van der Waals surface area (Å²) < 4.78 is 15.8. The number of Topliss-reactive ketones (excluding diaryl/α,β-unsaturated/α-hetero) is 1. The molecule has 2 rings (SSSR count). The van der Waals surface area contributed by atoms with Gasteiger partial charge >= 0.3 is 5.97 Å². The van der Waals surface area contributed by atoms with Crippen molar-refractivity contribution < 1.29 is 23.8 Å². The number of ether oxygens (including phenoxy) is 3. The molecule has 0 saturated heterocycles. The highest BCUT2D eigenvalue weighted by atomic mass is 16.5. The van der Waals surface area contributed by atoms with Gasteiger partial charge in [-0.2, -0.15) is 0 Å². The molecular formula is C22H26O5. The van der Waals surface area contributed by atoms with Gasteiger partial charge in [-0.3, -0.25) is 9.59 Å². The summed E-state index contributed by atoms with van der Waals surface area (Å²) in [7, 11) is 3.09. The molecule has 27 heavy (non-hydrogen) atoms. The van der Waals surface area contributed by atoms with E-state index in [1.165, 1.54) is 7.11 Å². The predicted octanol–water partition coefficient (Wildman–Crippen LogP) is 3.99. The number of methoxy groups -OCH3 is 2. The molecule has 0 amide bonds. The van der Waals surface area contributed by atoms with Crippen LogP contribution >= 0.6 is 0 Å². The van der Waals surface area contributed by atoms with Crippen LogP contribution in [0.25, 0.3) is 0 Å². The lowest BCUT2D eigenvalue weighted by atomic mass is 9.96. The quantitative estimate of drug-likeness (QED) is 0.545. The van der Waals surface area contributed by atoms with Crippen LogP contribution in [-0.2, 0) is 16.0 Å². The first kappa shape index (κ1) is 20.5. The van der Waals surface area contributed by atoms with Gasteiger partial charge < -0.3 is 14.2 Å². The summed E-state index contributed by atoms with van der Waals surface area (Å²) in [6, 6.07) is 9.02. The fourth-order valence-corrected chi connectivity index (χ4v) is 2.89. The van der Waals surface area contributed by atoms with E-state index in [-0.39, 0.29) is 12.2 Å². The van der Waals surface area contributed by atoms with Crippen molar-refractivity contribution in [2.75, 3.05) is 14.2 Å². The van der Waals surface area contributed by atoms with Gasteiger partial charge in [0.15, 0.2) is 6.10 Å². The third kappa shape index (κ3) is 4.88. The Morgan fingerprint density at radius 3 is 2.22 bits per heavy atom. The number of ketones is 1. The minimum Gasteiger partial charge on any atom is -0.497 e. The smallest absolute Gasteiger partial charge is 0.311 e. The SMILES string of the molecule is COc1ccc(CC(=O)O[C@H](C)C(=O)c2cc(C)c(C)cc2C)c(OC)c1. The first-order chi connectivity index (χ1) is 12.8. The highest BCUT2D eigenvalue weighted by molar-refractivity contribution is 6.01. The summed E-state index contributed by atoms with van der Waals surface area (Å²) in [6.07, 6.45) is -0.848. The molecule has 144 valence electrons. The maximum absolute atomic E-state index is 12.7. The molecule has 0 aliphatic heterocycles. The third-order valence-corrected chi connectivity index (χ3v) is 4.61. The fraction of sp³-hybridized carbons (Fsp3) is 0.364. The van der Waals surface area contributed by atoms with Crippen LogP contribution in [0, 0.1) is 20.8 Å². The Bertz CT molecular complexity index is 854. The van der Waals surface area contributed by atoms with Gasteiger partial charge in [0.2, 0.25) is 5.78 Å². The van der Waals surface area contributed by atoms with Gasteiger partial charge in [-0.15, -0.1) is 0 Å². The molecule has 0 bridgehead atoms. The molecule has 1 atom stereocenters. The number of hydrogen-bond donors (Lipinski definition) is 0. The minimum absolute atomic E-state index is 0.0106. The van der Waals surface area contributed by atoms with Gasteiger partial charge in [0.1, 0.15) is 11.5 Å². The Kier molecular flexibility index (Phi) is 6.61. The van der Waals surface area contributed by atoms with Crippen LogP contribution in [0.5, 0.6) is 11.5 Å². The number of carbonyl (C=O) groups is 2. The first-order valence-electron chi connectivity index (χ1n) is 8.79. The van der Waals surface area contributed by atoms with Gasteiger partial charge in [0, 0.05) is 17.2 Å². The second-order valence-electron chi connectivity index (χ2n) is 6.60. The van der Waals surface area contributed by atoms with Crippen molar-refractivity contribution in [3.63, 3.8) is 0 Å². The maximum atomic E-state index is 12.7. The van der Waals surface area contributed by atoms with Gasteiger partial charge in [-0.1, -0.05) is 12.1 Å². The van der Waals surface area contributed by atoms with E-state index in [2.05, 4.69) is 0 Å². The Morgan fingerprint density at radius 1 is 0.926 bits per heavy atom. The maximum Gasteiger partial charge on any atom is 0.311 e. The average Bonchev–Trinajstić information content (AvgIpc) is 2.64. The zero-order valence-electron chi connectivity index (χ0n) is 16.7. The standard InChI is InChI=1S/C22H26O5/c1-13-9-15(3)19(10-14(13)2)22(24)16(4)27-21(23)11-17-7-8-18(25-5)12-20(17)26-6/h7-10,12,16H,11H2,1-6H3/t16-/m1/s1. The zero-order chi connectivity index (χ0) is 20.1. The van der Waals surface area contributed by atoms with Crippen molar-refractivity contribution >= 4 is 11.8 Å². The van der Waals surface area contributed by atoms with Crippen molar-refractivity contribution in [2.24, 2.45) is 0 Å². The predicted molar refractivity (Wildman–Crippen MR) is 104 cm³/mol. The van der Waals surface area contributed by atoms with E-state index in [0.717, 1.165) is 16.7 Å². The average molecular weight is 370 g/mol. The Balaban J connectivity index is 2.09. The minimum atomic E-state index is -0.859. The van der Waals surface area contributed by atoms with Gasteiger partial charge in [-0.25, -0.2) is 0 Å². The van der Waals surface area contributed by atoms with Gasteiger partial charge in [0.25, 0.3) is 0 Å². The topological polar surface area (TPSA) is 61.8 Å². The molecule has 2 aromatic carbocycles. The van der Waals surface area contributed by atoms with Crippen molar-refractivity contribution in [1.82, 2.24) is 0 Å². The van der Waals surface area contributed by atoms with E-state index in [1.807, 2.05) is 32.9 Å². The van der Waals surface area contributed by atoms with Crippen molar-refractivity contribution in [3.8, 4) is 11.5 Å². The van der Waals surface area contributed by atoms with Crippen molar-refractivity contribution in [3.05, 3.63) is 58.1 Å². The van der Waals surface area contributed by atoms with Crippen LogP contribution in [0.15, 0.2) is 30.3 Å². The molecule has 0 spiro atoms. The molecular weight excluding hydrogens is 344 g/mol. The Hall–Kier alpha value is -2.82. The summed E-state index contributed by atoms with van der Waals surface area (Å²) in [5.41, 5.74) is 4.29. The molecule has 0 heterocycles. The lowest BCUT2D eigenvalue weighted by molar-refractivity contribution is -0.145.